The summed E-state index contributed by atoms with van der Waals surface area (Å²) in [5.74, 6) is 0.0599. The molecule has 3 aromatic carbocycles. The minimum absolute atomic E-state index is 0.0435. The van der Waals surface area contributed by atoms with Crippen LogP contribution >= 0.6 is 23.2 Å². The van der Waals surface area contributed by atoms with Gasteiger partial charge in [0.25, 0.3) is 0 Å². The average Bonchev–Trinajstić information content (AvgIpc) is 3.41. The van der Waals surface area contributed by atoms with Gasteiger partial charge in [-0.15, -0.1) is 0 Å². The first kappa shape index (κ1) is 32.6. The molecule has 5 rings (SSSR count). The molecule has 0 saturated carbocycles. The highest BCUT2D eigenvalue weighted by Gasteiger charge is 2.45. The molecule has 13 heteroatoms. The molecule has 0 aliphatic carbocycles. The first-order valence-corrected chi connectivity index (χ1v) is 15.2. The van der Waals surface area contributed by atoms with Crippen LogP contribution in [0.1, 0.15) is 41.3 Å². The van der Waals surface area contributed by atoms with Crippen molar-refractivity contribution in [3.05, 3.63) is 99.0 Å². The number of nitrogens with zero attached hydrogens (tertiary/aromatic N) is 4. The molecule has 0 aromatic heterocycles. The fourth-order valence-corrected chi connectivity index (χ4v) is 5.83. The largest absolute Gasteiger partial charge is 0.493 e. The molecule has 238 valence electrons. The van der Waals surface area contributed by atoms with Gasteiger partial charge in [-0.25, -0.2) is 4.79 Å². The number of nitrogens with one attached hydrogen (secondary N) is 1. The van der Waals surface area contributed by atoms with Gasteiger partial charge < -0.3 is 19.9 Å². The van der Waals surface area contributed by atoms with Crippen LogP contribution in [0.2, 0.25) is 10.0 Å². The van der Waals surface area contributed by atoms with E-state index in [1.807, 2.05) is 12.1 Å². The quantitative estimate of drug-likeness (QED) is 0.316. The van der Waals surface area contributed by atoms with E-state index in [2.05, 4.69) is 5.32 Å². The maximum Gasteiger partial charge on any atom is 0.416 e. The Hall–Kier alpha value is -3.80. The van der Waals surface area contributed by atoms with Gasteiger partial charge in [0.15, 0.2) is 0 Å². The number of hydrogen-bond acceptors (Lipinski definition) is 5. The number of carbonyl (C=O) groups excluding carboxylic acids is 2. The lowest BCUT2D eigenvalue weighted by molar-refractivity contribution is -0.137. The summed E-state index contributed by atoms with van der Waals surface area (Å²) in [6.07, 6.45) is -4.60. The molecule has 2 unspecified atom stereocenters. The van der Waals surface area contributed by atoms with Crippen molar-refractivity contribution in [1.82, 2.24) is 20.0 Å². The number of alkyl halides is 3. The minimum Gasteiger partial charge on any atom is -0.493 e. The van der Waals surface area contributed by atoms with Crippen LogP contribution in [0.25, 0.3) is 0 Å². The molecule has 2 aliphatic rings. The summed E-state index contributed by atoms with van der Waals surface area (Å²) in [4.78, 5) is 36.9. The van der Waals surface area contributed by atoms with E-state index in [0.717, 1.165) is 23.3 Å². The summed E-state index contributed by atoms with van der Waals surface area (Å²) < 4.78 is 46.9. The molecule has 0 radical (unpaired) electrons. The Morgan fingerprint density at radius 2 is 1.49 bits per heavy atom. The number of urea groups is 1. The van der Waals surface area contributed by atoms with Crippen LogP contribution < -0.4 is 10.1 Å². The van der Waals surface area contributed by atoms with Crippen molar-refractivity contribution >= 4 is 41.0 Å². The predicted octanol–water partition coefficient (Wildman–Crippen LogP) is 6.44. The second-order valence-corrected chi connectivity index (χ2v) is 11.5. The van der Waals surface area contributed by atoms with Gasteiger partial charge in [0, 0.05) is 36.2 Å². The first-order chi connectivity index (χ1) is 21.5. The molecule has 1 N–H and O–H groups in total. The van der Waals surface area contributed by atoms with Crippen LogP contribution in [-0.2, 0) is 11.0 Å². The van der Waals surface area contributed by atoms with E-state index in [4.69, 9.17) is 32.9 Å². The standard InChI is InChI=1S/C32H32Cl2F3N5O3/c1-3-45-26-18-22(32(35,36)37)8-13-25(26)30-39-28(20-4-9-23(33)10-5-20)29(21-6-11-24(34)12-7-21)42(30)31(44)41-16-14-40(15-17-41)27(43)19-38-2/h4-13,18,28-29,38H,3,14-17,19H2,1-2H3. The Bertz CT molecular complexity index is 1560. The van der Waals surface area contributed by atoms with Crippen molar-refractivity contribution in [2.45, 2.75) is 25.2 Å². The Labute approximate surface area is 269 Å². The zero-order valence-corrected chi connectivity index (χ0v) is 26.2. The van der Waals surface area contributed by atoms with E-state index >= 15 is 0 Å². The third-order valence-electron chi connectivity index (χ3n) is 7.78. The molecule has 2 aliphatic heterocycles. The van der Waals surface area contributed by atoms with Crippen LogP contribution in [0.5, 0.6) is 5.75 Å². The molecule has 8 nitrogen and oxygen atoms in total. The van der Waals surface area contributed by atoms with Gasteiger partial charge in [0.05, 0.1) is 30.3 Å². The van der Waals surface area contributed by atoms with Crippen molar-refractivity contribution in [3.63, 3.8) is 0 Å². The molecule has 45 heavy (non-hydrogen) atoms. The van der Waals surface area contributed by atoms with E-state index in [-0.39, 0.29) is 49.3 Å². The van der Waals surface area contributed by atoms with Crippen molar-refractivity contribution in [2.24, 2.45) is 4.99 Å². The topological polar surface area (TPSA) is 77.5 Å². The van der Waals surface area contributed by atoms with Crippen LogP contribution in [-0.4, -0.2) is 78.9 Å². The lowest BCUT2D eigenvalue weighted by Crippen LogP contribution is -2.56. The van der Waals surface area contributed by atoms with Crippen LogP contribution in [0.4, 0.5) is 18.0 Å². The number of carbonyl (C=O) groups is 2. The number of halogens is 5. The number of aliphatic imine (C=N–C) groups is 1. The van der Waals surface area contributed by atoms with Crippen molar-refractivity contribution in [3.8, 4) is 5.75 Å². The van der Waals surface area contributed by atoms with Crippen LogP contribution in [0, 0.1) is 0 Å². The van der Waals surface area contributed by atoms with E-state index in [1.165, 1.54) is 11.0 Å². The van der Waals surface area contributed by atoms with Gasteiger partial charge in [0.1, 0.15) is 17.6 Å². The lowest BCUT2D eigenvalue weighted by Gasteiger charge is -2.39. The van der Waals surface area contributed by atoms with E-state index in [9.17, 15) is 22.8 Å². The molecule has 3 aromatic rings. The summed E-state index contributed by atoms with van der Waals surface area (Å²) in [5, 5.41) is 3.87. The summed E-state index contributed by atoms with van der Waals surface area (Å²) in [6.45, 7) is 3.16. The Morgan fingerprint density at radius 3 is 2.04 bits per heavy atom. The van der Waals surface area contributed by atoms with Gasteiger partial charge in [-0.3, -0.25) is 14.7 Å². The van der Waals surface area contributed by atoms with Gasteiger partial charge in [-0.2, -0.15) is 13.2 Å². The third kappa shape index (κ3) is 7.05. The number of amides is 3. The number of amidine groups is 1. The molecule has 2 heterocycles. The van der Waals surface area contributed by atoms with Gasteiger partial charge in [-0.1, -0.05) is 47.5 Å². The second kappa shape index (κ2) is 13.7. The smallest absolute Gasteiger partial charge is 0.416 e. The van der Waals surface area contributed by atoms with E-state index in [1.54, 1.807) is 60.2 Å². The number of likely N-dealkylation sites (N-methyl/N-ethyl adjacent to an activating group) is 1. The molecule has 0 spiro atoms. The third-order valence-corrected chi connectivity index (χ3v) is 8.28. The molecule has 2 atom stereocenters. The monoisotopic (exact) mass is 661 g/mol. The SMILES string of the molecule is CCOc1cc(C(F)(F)F)ccc1C1=NC(c2ccc(Cl)cc2)C(c2ccc(Cl)cc2)N1C(=O)N1CCN(C(=O)CNC)CC1. The molecule has 1 fully saturated rings. The molecular weight excluding hydrogens is 630 g/mol. The number of hydrogen-bond donors (Lipinski definition) is 1. The Balaban J connectivity index is 1.63. The normalized spacial score (nSPS) is 18.6. The lowest BCUT2D eigenvalue weighted by atomic mass is 9.93. The number of ether oxygens (including phenoxy) is 1. The second-order valence-electron chi connectivity index (χ2n) is 10.6. The van der Waals surface area contributed by atoms with Crippen LogP contribution in [0.3, 0.4) is 0 Å². The van der Waals surface area contributed by atoms with E-state index < -0.39 is 29.9 Å². The average molecular weight is 663 g/mol. The first-order valence-electron chi connectivity index (χ1n) is 14.5. The maximum absolute atomic E-state index is 14.6. The summed E-state index contributed by atoms with van der Waals surface area (Å²) in [6, 6.07) is 15.6. The van der Waals surface area contributed by atoms with Crippen molar-refractivity contribution < 1.29 is 27.5 Å². The molecule has 3 amide bonds. The fraction of sp³-hybridized carbons (Fsp3) is 0.344. The van der Waals surface area contributed by atoms with Crippen LogP contribution in [0.15, 0.2) is 71.7 Å². The van der Waals surface area contributed by atoms with Crippen molar-refractivity contribution in [2.75, 3.05) is 46.4 Å². The van der Waals surface area contributed by atoms with Gasteiger partial charge >= 0.3 is 12.2 Å². The van der Waals surface area contributed by atoms with Crippen molar-refractivity contribution in [1.29, 1.82) is 0 Å². The summed E-state index contributed by atoms with van der Waals surface area (Å²) in [5.41, 5.74) is 0.840. The molecular formula is C32H32Cl2F3N5O3. The summed E-state index contributed by atoms with van der Waals surface area (Å²) >= 11 is 12.4. The zero-order valence-electron chi connectivity index (χ0n) is 24.7. The predicted molar refractivity (Wildman–Crippen MR) is 167 cm³/mol. The van der Waals surface area contributed by atoms with E-state index in [0.29, 0.717) is 23.1 Å². The van der Waals surface area contributed by atoms with Gasteiger partial charge in [0.2, 0.25) is 5.91 Å². The van der Waals surface area contributed by atoms with Gasteiger partial charge in [-0.05, 0) is 67.6 Å². The Morgan fingerprint density at radius 1 is 0.911 bits per heavy atom. The maximum atomic E-state index is 14.6. The summed E-state index contributed by atoms with van der Waals surface area (Å²) in [7, 11) is 1.69. The number of piperazine rings is 1. The zero-order chi connectivity index (χ0) is 32.3. The number of rotatable bonds is 7. The fourth-order valence-electron chi connectivity index (χ4n) is 5.58. The highest BCUT2D eigenvalue weighted by molar-refractivity contribution is 6.30. The Kier molecular flexibility index (Phi) is 9.91. The molecule has 0 bridgehead atoms. The minimum atomic E-state index is -4.60. The highest BCUT2D eigenvalue weighted by Crippen LogP contribution is 2.46. The number of benzene rings is 3. The molecule has 1 saturated heterocycles. The highest BCUT2D eigenvalue weighted by atomic mass is 35.5.